The summed E-state index contributed by atoms with van der Waals surface area (Å²) in [6.07, 6.45) is 7.43. The molecule has 3 heteroatoms. The van der Waals surface area contributed by atoms with E-state index in [4.69, 9.17) is 14.9 Å². The maximum Gasteiger partial charge on any atom is 0.120 e. The van der Waals surface area contributed by atoms with Gasteiger partial charge in [0.1, 0.15) is 5.75 Å². The number of ether oxygens (including phenoxy) is 1. The molecule has 0 heterocycles. The van der Waals surface area contributed by atoms with E-state index in [1.807, 2.05) is 12.1 Å². The minimum absolute atomic E-state index is 0.0266. The van der Waals surface area contributed by atoms with Gasteiger partial charge in [0, 0.05) is 0 Å². The minimum atomic E-state index is -0.0266. The number of rotatable bonds is 10. The molecule has 1 aromatic rings. The van der Waals surface area contributed by atoms with Gasteiger partial charge in [0.25, 0.3) is 0 Å². The third-order valence-electron chi connectivity index (χ3n) is 3.16. The fourth-order valence-electron chi connectivity index (χ4n) is 2.07. The molecule has 0 bridgehead atoms. The van der Waals surface area contributed by atoms with Gasteiger partial charge in [0.2, 0.25) is 0 Å². The van der Waals surface area contributed by atoms with E-state index in [1.165, 1.54) is 32.1 Å². The summed E-state index contributed by atoms with van der Waals surface area (Å²) in [6.45, 7) is 2.87. The number of aliphatic hydroxyl groups is 2. The van der Waals surface area contributed by atoms with Gasteiger partial charge in [0.15, 0.2) is 0 Å². The summed E-state index contributed by atoms with van der Waals surface area (Å²) in [4.78, 5) is 0. The van der Waals surface area contributed by atoms with Crippen LogP contribution in [0.4, 0.5) is 0 Å². The van der Waals surface area contributed by atoms with Gasteiger partial charge in [0.05, 0.1) is 19.8 Å². The normalized spacial score (nSPS) is 10.7. The molecule has 0 radical (unpaired) electrons. The average Bonchev–Trinajstić information content (AvgIpc) is 2.45. The highest BCUT2D eigenvalue weighted by molar-refractivity contribution is 5.33. The van der Waals surface area contributed by atoms with Crippen molar-refractivity contribution in [1.29, 1.82) is 0 Å². The van der Waals surface area contributed by atoms with Gasteiger partial charge in [-0.1, -0.05) is 45.1 Å². The molecule has 0 aliphatic carbocycles. The molecule has 0 aliphatic rings. The molecule has 0 atom stereocenters. The summed E-state index contributed by atoms with van der Waals surface area (Å²) in [5.74, 6) is 0.740. The van der Waals surface area contributed by atoms with Crippen LogP contribution in [0.15, 0.2) is 18.2 Å². The van der Waals surface area contributed by atoms with E-state index in [1.54, 1.807) is 6.07 Å². The fourth-order valence-corrected chi connectivity index (χ4v) is 2.07. The molecule has 0 fully saturated rings. The predicted molar refractivity (Wildman–Crippen MR) is 77.2 cm³/mol. The summed E-state index contributed by atoms with van der Waals surface area (Å²) in [5, 5.41) is 18.3. The fraction of sp³-hybridized carbons (Fsp3) is 0.625. The van der Waals surface area contributed by atoms with E-state index in [2.05, 4.69) is 6.92 Å². The Morgan fingerprint density at radius 2 is 1.42 bits per heavy atom. The van der Waals surface area contributed by atoms with Crippen molar-refractivity contribution in [3.05, 3.63) is 29.3 Å². The van der Waals surface area contributed by atoms with Crippen molar-refractivity contribution in [3.63, 3.8) is 0 Å². The van der Waals surface area contributed by atoms with Crippen molar-refractivity contribution in [1.82, 2.24) is 0 Å². The Hall–Kier alpha value is -1.06. The molecule has 108 valence electrons. The SMILES string of the molecule is CCCCCCCCOc1cc(CO)cc(CO)c1. The van der Waals surface area contributed by atoms with Crippen molar-refractivity contribution < 1.29 is 14.9 Å². The quantitative estimate of drug-likeness (QED) is 0.638. The smallest absolute Gasteiger partial charge is 0.120 e. The molecule has 0 saturated heterocycles. The van der Waals surface area contributed by atoms with Crippen LogP contribution in [0.2, 0.25) is 0 Å². The maximum atomic E-state index is 9.14. The Morgan fingerprint density at radius 3 is 2.00 bits per heavy atom. The van der Waals surface area contributed by atoms with Crippen LogP contribution in [-0.2, 0) is 13.2 Å². The van der Waals surface area contributed by atoms with Crippen molar-refractivity contribution in [2.45, 2.75) is 58.7 Å². The molecular weight excluding hydrogens is 240 g/mol. The van der Waals surface area contributed by atoms with Crippen LogP contribution >= 0.6 is 0 Å². The average molecular weight is 266 g/mol. The number of hydrogen-bond donors (Lipinski definition) is 2. The first-order valence-electron chi connectivity index (χ1n) is 7.27. The maximum absolute atomic E-state index is 9.14. The third kappa shape index (κ3) is 6.60. The Bertz CT molecular complexity index is 328. The van der Waals surface area contributed by atoms with E-state index in [0.717, 1.165) is 23.3 Å². The molecule has 19 heavy (non-hydrogen) atoms. The lowest BCUT2D eigenvalue weighted by molar-refractivity contribution is 0.269. The summed E-state index contributed by atoms with van der Waals surface area (Å²) in [7, 11) is 0. The molecule has 0 unspecified atom stereocenters. The minimum Gasteiger partial charge on any atom is -0.494 e. The van der Waals surface area contributed by atoms with Crippen molar-refractivity contribution in [3.8, 4) is 5.75 Å². The zero-order valence-corrected chi connectivity index (χ0v) is 11.9. The Labute approximate surface area is 116 Å². The molecule has 0 saturated carbocycles. The number of unbranched alkanes of at least 4 members (excludes halogenated alkanes) is 5. The lowest BCUT2D eigenvalue weighted by Crippen LogP contribution is -1.99. The highest BCUT2D eigenvalue weighted by atomic mass is 16.5. The topological polar surface area (TPSA) is 49.7 Å². The van der Waals surface area contributed by atoms with Crippen LogP contribution in [0.25, 0.3) is 0 Å². The number of hydrogen-bond acceptors (Lipinski definition) is 3. The lowest BCUT2D eigenvalue weighted by Gasteiger charge is -2.09. The second kappa shape index (κ2) is 9.82. The lowest BCUT2D eigenvalue weighted by atomic mass is 10.1. The Balaban J connectivity index is 2.28. The van der Waals surface area contributed by atoms with Gasteiger partial charge in [-0.3, -0.25) is 0 Å². The van der Waals surface area contributed by atoms with Gasteiger partial charge in [-0.05, 0) is 29.7 Å². The van der Waals surface area contributed by atoms with Crippen LogP contribution in [0, 0.1) is 0 Å². The monoisotopic (exact) mass is 266 g/mol. The predicted octanol–water partition coefficient (Wildman–Crippen LogP) is 3.41. The van der Waals surface area contributed by atoms with Crippen LogP contribution in [0.1, 0.15) is 56.6 Å². The molecule has 1 aromatic carbocycles. The molecule has 0 amide bonds. The molecule has 0 aliphatic heterocycles. The zero-order valence-electron chi connectivity index (χ0n) is 11.9. The second-order valence-corrected chi connectivity index (χ2v) is 4.92. The highest BCUT2D eigenvalue weighted by Crippen LogP contribution is 2.18. The zero-order chi connectivity index (χ0) is 13.9. The van der Waals surface area contributed by atoms with E-state index >= 15 is 0 Å². The Kier molecular flexibility index (Phi) is 8.26. The van der Waals surface area contributed by atoms with Crippen molar-refractivity contribution >= 4 is 0 Å². The number of aliphatic hydroxyl groups excluding tert-OH is 2. The van der Waals surface area contributed by atoms with E-state index in [-0.39, 0.29) is 13.2 Å². The second-order valence-electron chi connectivity index (χ2n) is 4.92. The van der Waals surface area contributed by atoms with Gasteiger partial charge >= 0.3 is 0 Å². The van der Waals surface area contributed by atoms with Gasteiger partial charge in [-0.25, -0.2) is 0 Å². The van der Waals surface area contributed by atoms with E-state index in [9.17, 15) is 0 Å². The standard InChI is InChI=1S/C16H26O3/c1-2-3-4-5-6-7-8-19-16-10-14(12-17)9-15(11-16)13-18/h9-11,17-18H,2-8,12-13H2,1H3. The largest absolute Gasteiger partial charge is 0.494 e. The Morgan fingerprint density at radius 1 is 0.842 bits per heavy atom. The van der Waals surface area contributed by atoms with E-state index < -0.39 is 0 Å². The third-order valence-corrected chi connectivity index (χ3v) is 3.16. The van der Waals surface area contributed by atoms with Crippen LogP contribution in [0.3, 0.4) is 0 Å². The molecule has 3 nitrogen and oxygen atoms in total. The summed E-state index contributed by atoms with van der Waals surface area (Å²) < 4.78 is 5.68. The van der Waals surface area contributed by atoms with Gasteiger partial charge in [-0.2, -0.15) is 0 Å². The van der Waals surface area contributed by atoms with Gasteiger partial charge in [-0.15, -0.1) is 0 Å². The summed E-state index contributed by atoms with van der Waals surface area (Å²) >= 11 is 0. The first kappa shape index (κ1) is 16.0. The summed E-state index contributed by atoms with van der Waals surface area (Å²) in [6, 6.07) is 5.45. The van der Waals surface area contributed by atoms with Crippen LogP contribution in [-0.4, -0.2) is 16.8 Å². The molecular formula is C16H26O3. The van der Waals surface area contributed by atoms with Crippen molar-refractivity contribution in [2.75, 3.05) is 6.61 Å². The first-order chi connectivity index (χ1) is 9.30. The van der Waals surface area contributed by atoms with Gasteiger partial charge < -0.3 is 14.9 Å². The number of benzene rings is 1. The molecule has 0 spiro atoms. The molecule has 0 aromatic heterocycles. The van der Waals surface area contributed by atoms with E-state index in [0.29, 0.717) is 6.61 Å². The van der Waals surface area contributed by atoms with Crippen LogP contribution in [0.5, 0.6) is 5.75 Å². The first-order valence-corrected chi connectivity index (χ1v) is 7.27. The van der Waals surface area contributed by atoms with Crippen LogP contribution < -0.4 is 4.74 Å². The molecule has 1 rings (SSSR count). The summed E-state index contributed by atoms with van der Waals surface area (Å²) in [5.41, 5.74) is 1.56. The molecule has 2 N–H and O–H groups in total. The van der Waals surface area contributed by atoms with Crippen molar-refractivity contribution in [2.24, 2.45) is 0 Å². The highest BCUT2D eigenvalue weighted by Gasteiger charge is 2.01.